The molecule has 1 aliphatic heterocycles. The van der Waals surface area contributed by atoms with Crippen molar-refractivity contribution >= 4 is 28.8 Å². The van der Waals surface area contributed by atoms with Crippen LogP contribution in [0.2, 0.25) is 0 Å². The number of imidazole rings is 1. The Hall–Kier alpha value is -3.36. The van der Waals surface area contributed by atoms with E-state index in [9.17, 15) is 19.5 Å². The van der Waals surface area contributed by atoms with E-state index >= 15 is 0 Å². The van der Waals surface area contributed by atoms with Gasteiger partial charge >= 0.3 is 5.69 Å². The summed E-state index contributed by atoms with van der Waals surface area (Å²) in [4.78, 5) is 43.4. The molecule has 0 saturated heterocycles. The van der Waals surface area contributed by atoms with Crippen molar-refractivity contribution in [2.24, 2.45) is 13.0 Å². The lowest BCUT2D eigenvalue weighted by Gasteiger charge is -2.33. The molecule has 4 rings (SSSR count). The van der Waals surface area contributed by atoms with Gasteiger partial charge in [0.1, 0.15) is 0 Å². The molecule has 0 aliphatic carbocycles. The number of hydrogen-bond acceptors (Lipinski definition) is 6. The number of carboxylic acids is 1. The molecule has 3 aromatic rings. The van der Waals surface area contributed by atoms with Crippen LogP contribution in [0.3, 0.4) is 0 Å². The third-order valence-electron chi connectivity index (χ3n) is 5.80. The van der Waals surface area contributed by atoms with E-state index in [1.807, 2.05) is 4.90 Å². The Morgan fingerprint density at radius 3 is 2.55 bits per heavy atom. The van der Waals surface area contributed by atoms with Crippen molar-refractivity contribution in [2.45, 2.75) is 46.2 Å². The van der Waals surface area contributed by atoms with Crippen molar-refractivity contribution in [3.63, 3.8) is 0 Å². The predicted molar refractivity (Wildman–Crippen MR) is 115 cm³/mol. The topological polar surface area (TPSA) is 105 Å². The van der Waals surface area contributed by atoms with E-state index in [0.29, 0.717) is 17.1 Å². The Morgan fingerprint density at radius 2 is 1.90 bits per heavy atom. The number of carboxylic acid groups (broad SMARTS) is 1. The average Bonchev–Trinajstić information content (AvgIpc) is 3.13. The first-order valence-corrected chi connectivity index (χ1v) is 10.6. The van der Waals surface area contributed by atoms with Crippen LogP contribution in [0.1, 0.15) is 32.3 Å². The summed E-state index contributed by atoms with van der Waals surface area (Å²) in [5.41, 5.74) is 1.33. The lowest BCUT2D eigenvalue weighted by molar-refractivity contribution is -0.306. The van der Waals surface area contributed by atoms with Gasteiger partial charge in [0.15, 0.2) is 11.2 Å². The summed E-state index contributed by atoms with van der Waals surface area (Å²) in [6, 6.07) is 8.33. The maximum Gasteiger partial charge on any atom is 0.332 e. The second-order valence-electron chi connectivity index (χ2n) is 8.29. The van der Waals surface area contributed by atoms with Crippen LogP contribution in [0, 0.1) is 5.92 Å². The van der Waals surface area contributed by atoms with Gasteiger partial charge in [0.25, 0.3) is 5.56 Å². The van der Waals surface area contributed by atoms with Crippen LogP contribution in [0.25, 0.3) is 11.2 Å². The zero-order chi connectivity index (χ0) is 22.3. The first-order valence-electron chi connectivity index (χ1n) is 10.6. The minimum absolute atomic E-state index is 0.218. The van der Waals surface area contributed by atoms with E-state index in [1.54, 1.807) is 4.57 Å². The number of fused-ring (bicyclic) bond motifs is 3. The molecule has 1 aromatic carbocycles. The lowest BCUT2D eigenvalue weighted by atomic mass is 10.1. The summed E-state index contributed by atoms with van der Waals surface area (Å²) in [5.74, 6) is -0.696. The van der Waals surface area contributed by atoms with E-state index in [2.05, 4.69) is 43.1 Å². The molecule has 2 aromatic heterocycles. The molecule has 0 spiro atoms. The normalized spacial score (nSPS) is 16.0. The Morgan fingerprint density at radius 1 is 1.19 bits per heavy atom. The lowest BCUT2D eigenvalue weighted by Crippen LogP contribution is -2.44. The fraction of sp³-hybridized carbons (Fsp3) is 0.455. The number of hydrogen-bond donors (Lipinski definition) is 0. The molecule has 0 unspecified atom stereocenters. The molecule has 0 fully saturated rings. The standard InChI is InChI=1S/C22H27N5O4/c1-4-5-6-15-7-9-16(10-8-15)25-11-14(2)12-26-18-19(23-21(25)26)24(3)22(31)27(20(18)30)13-17(28)29/h7-10,14H,4-6,11-13H2,1-3H3,(H,28,29)/p-1/t14-/m0/s1. The van der Waals surface area contributed by atoms with Crippen LogP contribution in [0.4, 0.5) is 11.6 Å². The Kier molecular flexibility index (Phi) is 5.43. The molecule has 1 atom stereocenters. The highest BCUT2D eigenvalue weighted by Gasteiger charge is 2.29. The molecule has 0 amide bonds. The van der Waals surface area contributed by atoms with Gasteiger partial charge in [0, 0.05) is 25.8 Å². The van der Waals surface area contributed by atoms with Gasteiger partial charge in [-0.05, 0) is 36.5 Å². The number of aromatic nitrogens is 4. The molecule has 0 N–H and O–H groups in total. The summed E-state index contributed by atoms with van der Waals surface area (Å²) < 4.78 is 3.71. The van der Waals surface area contributed by atoms with Gasteiger partial charge in [-0.15, -0.1) is 0 Å². The Bertz CT molecular complexity index is 1250. The fourth-order valence-corrected chi connectivity index (χ4v) is 4.21. The van der Waals surface area contributed by atoms with E-state index in [4.69, 9.17) is 0 Å². The van der Waals surface area contributed by atoms with E-state index in [-0.39, 0.29) is 17.1 Å². The third kappa shape index (κ3) is 3.64. The molecule has 0 radical (unpaired) electrons. The van der Waals surface area contributed by atoms with E-state index in [1.165, 1.54) is 17.2 Å². The molecule has 31 heavy (non-hydrogen) atoms. The highest BCUT2D eigenvalue weighted by molar-refractivity contribution is 5.77. The zero-order valence-electron chi connectivity index (χ0n) is 18.0. The predicted octanol–water partition coefficient (Wildman–Crippen LogP) is 0.777. The smallest absolute Gasteiger partial charge is 0.332 e. The van der Waals surface area contributed by atoms with Crippen LogP contribution >= 0.6 is 0 Å². The largest absolute Gasteiger partial charge is 0.548 e. The molecule has 9 nitrogen and oxygen atoms in total. The highest BCUT2D eigenvalue weighted by atomic mass is 16.4. The molecular weight excluding hydrogens is 398 g/mol. The summed E-state index contributed by atoms with van der Waals surface area (Å²) in [5, 5.41) is 11.1. The highest BCUT2D eigenvalue weighted by Crippen LogP contribution is 2.33. The minimum Gasteiger partial charge on any atom is -0.548 e. The quantitative estimate of drug-likeness (QED) is 0.579. The summed E-state index contributed by atoms with van der Waals surface area (Å²) in [7, 11) is 1.49. The second-order valence-corrected chi connectivity index (χ2v) is 8.29. The van der Waals surface area contributed by atoms with Crippen molar-refractivity contribution in [2.75, 3.05) is 11.4 Å². The van der Waals surface area contributed by atoms with Gasteiger partial charge in [-0.2, -0.15) is 4.98 Å². The molecular formula is C22H26N5O4-. The van der Waals surface area contributed by atoms with Gasteiger partial charge in [-0.1, -0.05) is 32.4 Å². The number of carbonyl (C=O) groups is 1. The van der Waals surface area contributed by atoms with Crippen LogP contribution < -0.4 is 21.3 Å². The second kappa shape index (κ2) is 8.05. The molecule has 9 heteroatoms. The third-order valence-corrected chi connectivity index (χ3v) is 5.80. The number of unbranched alkanes of at least 4 members (excludes halogenated alkanes) is 1. The Balaban J connectivity index is 1.86. The van der Waals surface area contributed by atoms with Crippen molar-refractivity contribution < 1.29 is 9.90 Å². The van der Waals surface area contributed by atoms with E-state index < -0.39 is 23.8 Å². The first-order chi connectivity index (χ1) is 14.8. The first kappa shape index (κ1) is 20.9. The van der Waals surface area contributed by atoms with Crippen molar-refractivity contribution in [3.05, 3.63) is 50.7 Å². The maximum atomic E-state index is 13.0. The van der Waals surface area contributed by atoms with Crippen molar-refractivity contribution in [1.29, 1.82) is 0 Å². The maximum absolute atomic E-state index is 13.0. The van der Waals surface area contributed by atoms with Crippen molar-refractivity contribution in [1.82, 2.24) is 18.7 Å². The fourth-order valence-electron chi connectivity index (χ4n) is 4.21. The number of aliphatic carboxylic acids is 1. The molecule has 0 bridgehead atoms. The summed E-state index contributed by atoms with van der Waals surface area (Å²) in [6.45, 7) is 4.73. The molecule has 3 heterocycles. The Labute approximate surface area is 179 Å². The molecule has 164 valence electrons. The van der Waals surface area contributed by atoms with Crippen LogP contribution in [-0.4, -0.2) is 31.2 Å². The number of aryl methyl sites for hydroxylation is 2. The van der Waals surface area contributed by atoms with Crippen LogP contribution in [-0.2, 0) is 31.4 Å². The number of anilines is 2. The number of benzene rings is 1. The van der Waals surface area contributed by atoms with Crippen molar-refractivity contribution in [3.8, 4) is 0 Å². The number of rotatable bonds is 6. The van der Waals surface area contributed by atoms with Gasteiger partial charge in [-0.3, -0.25) is 13.9 Å². The molecule has 1 aliphatic rings. The van der Waals surface area contributed by atoms with Gasteiger partial charge in [0.05, 0.1) is 12.5 Å². The minimum atomic E-state index is -1.49. The number of carbonyl (C=O) groups excluding carboxylic acids is 1. The van der Waals surface area contributed by atoms with Crippen LogP contribution in [0.5, 0.6) is 0 Å². The summed E-state index contributed by atoms with van der Waals surface area (Å²) >= 11 is 0. The zero-order valence-corrected chi connectivity index (χ0v) is 18.0. The number of nitrogens with zero attached hydrogens (tertiary/aromatic N) is 5. The van der Waals surface area contributed by atoms with Gasteiger partial charge in [0.2, 0.25) is 5.95 Å². The van der Waals surface area contributed by atoms with Gasteiger partial charge in [-0.25, -0.2) is 4.79 Å². The van der Waals surface area contributed by atoms with Crippen LogP contribution in [0.15, 0.2) is 33.9 Å². The SMILES string of the molecule is CCCCc1ccc(N2C[C@H](C)Cn3c2nc2c3c(=O)n(CC(=O)[O-])c(=O)n2C)cc1. The van der Waals surface area contributed by atoms with Gasteiger partial charge < -0.3 is 19.4 Å². The monoisotopic (exact) mass is 424 g/mol. The molecule has 0 saturated carbocycles. The van der Waals surface area contributed by atoms with E-state index in [0.717, 1.165) is 31.5 Å². The summed E-state index contributed by atoms with van der Waals surface area (Å²) in [6.07, 6.45) is 3.32. The average molecular weight is 424 g/mol.